The SMILES string of the molecule is Cc1cc(Cn2cc3c(Cl)nccc3n2)cnc1OCC(C)N. The summed E-state index contributed by atoms with van der Waals surface area (Å²) < 4.78 is 7.41. The summed E-state index contributed by atoms with van der Waals surface area (Å²) >= 11 is 6.08. The summed E-state index contributed by atoms with van der Waals surface area (Å²) in [6.07, 6.45) is 5.33. The molecule has 0 bridgehead atoms. The quantitative estimate of drug-likeness (QED) is 0.727. The van der Waals surface area contributed by atoms with Crippen molar-refractivity contribution in [1.29, 1.82) is 0 Å². The smallest absolute Gasteiger partial charge is 0.216 e. The number of halogens is 1. The second kappa shape index (κ2) is 6.52. The van der Waals surface area contributed by atoms with E-state index in [2.05, 4.69) is 15.1 Å². The minimum Gasteiger partial charge on any atom is -0.476 e. The van der Waals surface area contributed by atoms with Gasteiger partial charge in [0.1, 0.15) is 11.8 Å². The number of hydrogen-bond donors (Lipinski definition) is 1. The molecule has 1 atom stereocenters. The summed E-state index contributed by atoms with van der Waals surface area (Å²) in [5.41, 5.74) is 8.52. The first-order valence-electron chi connectivity index (χ1n) is 7.34. The van der Waals surface area contributed by atoms with Crippen LogP contribution in [0.1, 0.15) is 18.1 Å². The minimum absolute atomic E-state index is 0.0225. The molecule has 120 valence electrons. The van der Waals surface area contributed by atoms with Gasteiger partial charge in [-0.05, 0) is 31.5 Å². The summed E-state index contributed by atoms with van der Waals surface area (Å²) in [7, 11) is 0. The number of nitrogens with two attached hydrogens (primary N) is 1. The number of hydrogen-bond acceptors (Lipinski definition) is 5. The Hall–Kier alpha value is -2.18. The van der Waals surface area contributed by atoms with E-state index in [4.69, 9.17) is 22.1 Å². The van der Waals surface area contributed by atoms with Crippen LogP contribution in [0, 0.1) is 6.92 Å². The number of aromatic nitrogens is 4. The van der Waals surface area contributed by atoms with Crippen LogP contribution in [0.25, 0.3) is 10.9 Å². The van der Waals surface area contributed by atoms with Crippen molar-refractivity contribution in [2.75, 3.05) is 6.61 Å². The molecular formula is C16H18ClN5O. The van der Waals surface area contributed by atoms with Crippen LogP contribution >= 0.6 is 11.6 Å². The first-order chi connectivity index (χ1) is 11.0. The van der Waals surface area contributed by atoms with E-state index in [1.807, 2.05) is 36.9 Å². The van der Waals surface area contributed by atoms with E-state index < -0.39 is 0 Å². The maximum Gasteiger partial charge on any atom is 0.216 e. The molecule has 7 heteroatoms. The van der Waals surface area contributed by atoms with E-state index in [0.717, 1.165) is 22.0 Å². The van der Waals surface area contributed by atoms with Gasteiger partial charge in [-0.15, -0.1) is 0 Å². The highest BCUT2D eigenvalue weighted by Gasteiger charge is 2.08. The van der Waals surface area contributed by atoms with Crippen LogP contribution in [0.5, 0.6) is 5.88 Å². The van der Waals surface area contributed by atoms with Gasteiger partial charge in [0, 0.05) is 30.2 Å². The van der Waals surface area contributed by atoms with Crippen LogP contribution in [0.4, 0.5) is 0 Å². The number of fused-ring (bicyclic) bond motifs is 1. The fourth-order valence-corrected chi connectivity index (χ4v) is 2.50. The van der Waals surface area contributed by atoms with Crippen molar-refractivity contribution in [1.82, 2.24) is 19.7 Å². The molecule has 0 fully saturated rings. The van der Waals surface area contributed by atoms with Crippen molar-refractivity contribution >= 4 is 22.5 Å². The normalized spacial score (nSPS) is 12.5. The summed E-state index contributed by atoms with van der Waals surface area (Å²) in [5.74, 6) is 0.615. The molecule has 3 aromatic heterocycles. The van der Waals surface area contributed by atoms with Crippen LogP contribution in [-0.2, 0) is 6.54 Å². The first kappa shape index (κ1) is 15.7. The van der Waals surface area contributed by atoms with E-state index >= 15 is 0 Å². The monoisotopic (exact) mass is 331 g/mol. The van der Waals surface area contributed by atoms with E-state index in [1.54, 1.807) is 12.4 Å². The molecule has 0 amide bonds. The van der Waals surface area contributed by atoms with Gasteiger partial charge in [0.2, 0.25) is 5.88 Å². The summed E-state index contributed by atoms with van der Waals surface area (Å²) in [6.45, 7) is 4.91. The fourth-order valence-electron chi connectivity index (χ4n) is 2.30. The Balaban J connectivity index is 1.79. The number of aryl methyl sites for hydroxylation is 1. The molecule has 3 aromatic rings. The lowest BCUT2D eigenvalue weighted by Crippen LogP contribution is -2.24. The van der Waals surface area contributed by atoms with Crippen molar-refractivity contribution in [2.45, 2.75) is 26.4 Å². The molecule has 0 aromatic carbocycles. The molecule has 0 radical (unpaired) electrons. The lowest BCUT2D eigenvalue weighted by Gasteiger charge is -2.11. The molecule has 0 spiro atoms. The van der Waals surface area contributed by atoms with Gasteiger partial charge < -0.3 is 10.5 Å². The van der Waals surface area contributed by atoms with Gasteiger partial charge in [-0.2, -0.15) is 5.10 Å². The molecule has 0 aliphatic heterocycles. The average Bonchev–Trinajstić information content (AvgIpc) is 2.90. The molecule has 0 saturated carbocycles. The zero-order valence-electron chi connectivity index (χ0n) is 13.0. The Labute approximate surface area is 139 Å². The van der Waals surface area contributed by atoms with E-state index in [9.17, 15) is 0 Å². The number of nitrogens with zero attached hydrogens (tertiary/aromatic N) is 4. The van der Waals surface area contributed by atoms with Gasteiger partial charge in [0.05, 0.1) is 17.4 Å². The van der Waals surface area contributed by atoms with Crippen molar-refractivity contribution in [3.05, 3.63) is 47.0 Å². The second-order valence-electron chi connectivity index (χ2n) is 5.62. The number of ether oxygens (including phenoxy) is 1. The standard InChI is InChI=1S/C16H18ClN5O/c1-10-5-12(6-20-16(10)23-9-11(2)18)7-22-8-13-14(21-22)3-4-19-15(13)17/h3-6,8,11H,7,9,18H2,1-2H3. The molecule has 23 heavy (non-hydrogen) atoms. The van der Waals surface area contributed by atoms with Crippen LogP contribution in [0.15, 0.2) is 30.7 Å². The maximum absolute atomic E-state index is 6.08. The van der Waals surface area contributed by atoms with E-state index in [1.165, 1.54) is 0 Å². The third-order valence-electron chi connectivity index (χ3n) is 3.35. The minimum atomic E-state index is -0.0225. The van der Waals surface area contributed by atoms with Gasteiger partial charge in [0.15, 0.2) is 0 Å². The first-order valence-corrected chi connectivity index (χ1v) is 7.72. The van der Waals surface area contributed by atoms with Gasteiger partial charge in [-0.1, -0.05) is 11.6 Å². The molecule has 0 saturated heterocycles. The molecular weight excluding hydrogens is 314 g/mol. The Morgan fingerprint density at radius 3 is 2.91 bits per heavy atom. The topological polar surface area (TPSA) is 78.8 Å². The largest absolute Gasteiger partial charge is 0.476 e. The van der Waals surface area contributed by atoms with Gasteiger partial charge in [-0.25, -0.2) is 9.97 Å². The molecule has 0 aliphatic carbocycles. The Kier molecular flexibility index (Phi) is 4.45. The van der Waals surface area contributed by atoms with Crippen molar-refractivity contribution < 1.29 is 4.74 Å². The molecule has 3 heterocycles. The van der Waals surface area contributed by atoms with Crippen molar-refractivity contribution in [3.8, 4) is 5.88 Å². The molecule has 3 rings (SSSR count). The molecule has 2 N–H and O–H groups in total. The molecule has 6 nitrogen and oxygen atoms in total. The van der Waals surface area contributed by atoms with Gasteiger partial charge in [0.25, 0.3) is 0 Å². The van der Waals surface area contributed by atoms with Crippen LogP contribution < -0.4 is 10.5 Å². The van der Waals surface area contributed by atoms with Gasteiger partial charge >= 0.3 is 0 Å². The van der Waals surface area contributed by atoms with Crippen LogP contribution in [0.2, 0.25) is 5.15 Å². The van der Waals surface area contributed by atoms with Crippen LogP contribution in [0.3, 0.4) is 0 Å². The highest BCUT2D eigenvalue weighted by molar-refractivity contribution is 6.34. The van der Waals surface area contributed by atoms with Crippen molar-refractivity contribution in [3.63, 3.8) is 0 Å². The summed E-state index contributed by atoms with van der Waals surface area (Å²) in [6, 6.07) is 3.85. The lowest BCUT2D eigenvalue weighted by molar-refractivity contribution is 0.283. The van der Waals surface area contributed by atoms with E-state index in [0.29, 0.717) is 24.2 Å². The second-order valence-corrected chi connectivity index (χ2v) is 5.97. The van der Waals surface area contributed by atoms with E-state index in [-0.39, 0.29) is 6.04 Å². The summed E-state index contributed by atoms with van der Waals surface area (Å²) in [5, 5.41) is 5.80. The number of pyridine rings is 2. The number of rotatable bonds is 5. The highest BCUT2D eigenvalue weighted by atomic mass is 35.5. The summed E-state index contributed by atoms with van der Waals surface area (Å²) in [4.78, 5) is 8.42. The Morgan fingerprint density at radius 2 is 2.22 bits per heavy atom. The van der Waals surface area contributed by atoms with Gasteiger partial charge in [-0.3, -0.25) is 4.68 Å². The Bertz CT molecular complexity index is 830. The predicted molar refractivity (Wildman–Crippen MR) is 89.8 cm³/mol. The van der Waals surface area contributed by atoms with Crippen molar-refractivity contribution in [2.24, 2.45) is 5.73 Å². The third kappa shape index (κ3) is 3.60. The zero-order valence-corrected chi connectivity index (χ0v) is 13.8. The highest BCUT2D eigenvalue weighted by Crippen LogP contribution is 2.21. The lowest BCUT2D eigenvalue weighted by atomic mass is 10.2. The predicted octanol–water partition coefficient (Wildman–Crippen LogP) is 2.56. The Morgan fingerprint density at radius 1 is 1.39 bits per heavy atom. The molecule has 1 unspecified atom stereocenters. The van der Waals surface area contributed by atoms with Crippen LogP contribution in [-0.4, -0.2) is 32.4 Å². The average molecular weight is 332 g/mol. The zero-order chi connectivity index (χ0) is 16.4. The fraction of sp³-hybridized carbons (Fsp3) is 0.312. The maximum atomic E-state index is 6.08. The third-order valence-corrected chi connectivity index (χ3v) is 3.65. The molecule has 0 aliphatic rings.